The quantitative estimate of drug-likeness (QED) is 0.160. The van der Waals surface area contributed by atoms with E-state index in [1.807, 2.05) is 12.4 Å². The molecule has 0 saturated carbocycles. The third kappa shape index (κ3) is 6.25. The predicted octanol–water partition coefficient (Wildman–Crippen LogP) is 16.7. The number of hydrogen-bond donors (Lipinski definition) is 0. The average Bonchev–Trinajstić information content (AvgIpc) is 4.26. The predicted molar refractivity (Wildman–Crippen MR) is 311 cm³/mol. The lowest BCUT2D eigenvalue weighted by Gasteiger charge is -2.18. The van der Waals surface area contributed by atoms with Crippen LogP contribution in [0.15, 0.2) is 255 Å². The molecule has 354 valence electrons. The summed E-state index contributed by atoms with van der Waals surface area (Å²) < 4.78 is 9.27. The van der Waals surface area contributed by atoms with Crippen molar-refractivity contribution >= 4 is 87.2 Å². The van der Waals surface area contributed by atoms with Crippen molar-refractivity contribution in [2.24, 2.45) is 0 Å². The molecule has 0 bridgehead atoms. The van der Waals surface area contributed by atoms with Crippen LogP contribution in [0.3, 0.4) is 0 Å². The molecule has 0 radical (unpaired) electrons. The van der Waals surface area contributed by atoms with E-state index in [4.69, 9.17) is 19.9 Å². The Hall–Kier alpha value is -10.4. The first-order chi connectivity index (χ1) is 37.7. The summed E-state index contributed by atoms with van der Waals surface area (Å²) in [6.07, 6.45) is 3.97. The van der Waals surface area contributed by atoms with Gasteiger partial charge in [0.1, 0.15) is 11.6 Å². The molecule has 0 N–H and O–H groups in total. The smallest absolute Gasteiger partial charge is 0.138 e. The number of nitrogens with zero attached hydrogens (tertiary/aromatic N) is 8. The fraction of sp³-hybridized carbons (Fsp3) is 0. The lowest BCUT2D eigenvalue weighted by atomic mass is 10.1. The van der Waals surface area contributed by atoms with Gasteiger partial charge in [0.25, 0.3) is 0 Å². The zero-order valence-corrected chi connectivity index (χ0v) is 40.8. The van der Waals surface area contributed by atoms with E-state index in [2.05, 4.69) is 261 Å². The lowest BCUT2D eigenvalue weighted by molar-refractivity contribution is 1.07. The van der Waals surface area contributed by atoms with E-state index in [-0.39, 0.29) is 0 Å². The molecule has 0 aliphatic rings. The standard InChI is InChI=1S/C68H42N8/c1-9-29-57-43(19-1)44-20-2-10-30-58(44)73(57)65-39-55(69-41-51(65)53-27-17-37-67(71-53)75-61-33-13-5-23-47(61)48-24-6-14-34-62(48)75)56-40-66(74-59-31-11-3-21-45(59)46-22-4-12-32-60(46)74)52(42-70-56)54-28-18-38-68(72-54)76-63-35-15-7-25-49(63)50-26-8-16-36-64(50)76/h1-42H. The maximum Gasteiger partial charge on any atom is 0.138 e. The first-order valence-corrected chi connectivity index (χ1v) is 25.6. The maximum absolute atomic E-state index is 5.51. The van der Waals surface area contributed by atoms with Crippen molar-refractivity contribution in [1.29, 1.82) is 0 Å². The normalized spacial score (nSPS) is 11.9. The van der Waals surface area contributed by atoms with Gasteiger partial charge in [-0.1, -0.05) is 158 Å². The highest BCUT2D eigenvalue weighted by Crippen LogP contribution is 2.41. The molecule has 0 atom stereocenters. The molecule has 0 fully saturated rings. The molecule has 8 nitrogen and oxygen atoms in total. The van der Waals surface area contributed by atoms with Gasteiger partial charge in [0.15, 0.2) is 0 Å². The average molecular weight is 971 g/mol. The molecule has 8 heterocycles. The molecule has 0 saturated heterocycles. The lowest BCUT2D eigenvalue weighted by Crippen LogP contribution is -2.04. The molecule has 0 aliphatic heterocycles. The van der Waals surface area contributed by atoms with Crippen molar-refractivity contribution in [2.45, 2.75) is 0 Å². The van der Waals surface area contributed by atoms with Crippen molar-refractivity contribution in [3.63, 3.8) is 0 Å². The van der Waals surface area contributed by atoms with Gasteiger partial charge in [-0.25, -0.2) is 9.97 Å². The topological polar surface area (TPSA) is 71.3 Å². The van der Waals surface area contributed by atoms with Crippen molar-refractivity contribution < 1.29 is 0 Å². The summed E-state index contributed by atoms with van der Waals surface area (Å²) in [5.74, 6) is 1.66. The highest BCUT2D eigenvalue weighted by molar-refractivity contribution is 6.12. The van der Waals surface area contributed by atoms with Crippen LogP contribution in [0.4, 0.5) is 0 Å². The largest absolute Gasteiger partial charge is 0.308 e. The molecular formula is C68H42N8. The Kier molecular flexibility index (Phi) is 9.17. The number of para-hydroxylation sites is 8. The SMILES string of the molecule is c1cc(-c2cnc(-c3cc(-n4c5ccccc5c5ccccc54)c(-c4cccc(-n5c6ccccc6c6ccccc65)n4)cn3)cc2-n2c3ccccc3c3ccccc32)nc(-n2c3ccccc3c3ccccc32)c1. The molecule has 8 aromatic carbocycles. The molecule has 0 unspecified atom stereocenters. The van der Waals surface area contributed by atoms with E-state index in [1.165, 1.54) is 43.1 Å². The van der Waals surface area contributed by atoms with Gasteiger partial charge < -0.3 is 9.13 Å². The Bertz CT molecular complexity index is 4500. The first-order valence-electron chi connectivity index (χ1n) is 25.6. The number of hydrogen-bond acceptors (Lipinski definition) is 4. The number of fused-ring (bicyclic) bond motifs is 12. The summed E-state index contributed by atoms with van der Waals surface area (Å²) in [5, 5.41) is 9.42. The van der Waals surface area contributed by atoms with Crippen molar-refractivity contribution in [3.05, 3.63) is 255 Å². The second kappa shape index (κ2) is 16.5. The van der Waals surface area contributed by atoms with Gasteiger partial charge in [0, 0.05) is 66.6 Å². The minimum absolute atomic E-state index is 0.722. The minimum atomic E-state index is 0.722. The summed E-state index contributed by atoms with van der Waals surface area (Å²) in [6.45, 7) is 0. The summed E-state index contributed by atoms with van der Waals surface area (Å²) in [4.78, 5) is 21.7. The van der Waals surface area contributed by atoms with Crippen molar-refractivity contribution in [3.8, 4) is 56.9 Å². The molecule has 0 amide bonds. The highest BCUT2D eigenvalue weighted by atomic mass is 15.1. The van der Waals surface area contributed by atoms with Crippen LogP contribution < -0.4 is 0 Å². The summed E-state index contributed by atoms with van der Waals surface area (Å²) >= 11 is 0. The van der Waals surface area contributed by atoms with Crippen LogP contribution in [0.2, 0.25) is 0 Å². The Morgan fingerprint density at radius 2 is 0.474 bits per heavy atom. The van der Waals surface area contributed by atoms with Crippen LogP contribution in [0, 0.1) is 0 Å². The summed E-state index contributed by atoms with van der Waals surface area (Å²) in [6, 6.07) is 85.8. The van der Waals surface area contributed by atoms with Gasteiger partial charge in [-0.15, -0.1) is 0 Å². The van der Waals surface area contributed by atoms with Gasteiger partial charge in [-0.3, -0.25) is 19.1 Å². The van der Waals surface area contributed by atoms with Crippen LogP contribution in [0.25, 0.3) is 144 Å². The zero-order valence-electron chi connectivity index (χ0n) is 40.8. The first kappa shape index (κ1) is 42.1. The molecule has 0 aliphatic carbocycles. The number of rotatable bonds is 7. The second-order valence-electron chi connectivity index (χ2n) is 19.4. The molecule has 76 heavy (non-hydrogen) atoms. The maximum atomic E-state index is 5.51. The van der Waals surface area contributed by atoms with Gasteiger partial charge in [0.2, 0.25) is 0 Å². The van der Waals surface area contributed by atoms with Crippen LogP contribution in [0.1, 0.15) is 0 Å². The van der Waals surface area contributed by atoms with Crippen LogP contribution >= 0.6 is 0 Å². The van der Waals surface area contributed by atoms with E-state index in [0.717, 1.165) is 101 Å². The molecule has 8 heteroatoms. The number of aromatic nitrogens is 8. The van der Waals surface area contributed by atoms with Crippen molar-refractivity contribution in [1.82, 2.24) is 38.2 Å². The second-order valence-corrected chi connectivity index (χ2v) is 19.4. The molecular weight excluding hydrogens is 929 g/mol. The number of benzene rings is 8. The third-order valence-electron chi connectivity index (χ3n) is 15.3. The van der Waals surface area contributed by atoms with E-state index < -0.39 is 0 Å². The Balaban J connectivity index is 0.934. The van der Waals surface area contributed by atoms with Gasteiger partial charge >= 0.3 is 0 Å². The van der Waals surface area contributed by atoms with Gasteiger partial charge in [-0.2, -0.15) is 0 Å². The van der Waals surface area contributed by atoms with Crippen LogP contribution in [-0.2, 0) is 0 Å². The Morgan fingerprint density at radius 1 is 0.224 bits per heavy atom. The summed E-state index contributed by atoms with van der Waals surface area (Å²) in [7, 11) is 0. The molecule has 16 rings (SSSR count). The fourth-order valence-corrected chi connectivity index (χ4v) is 12.0. The van der Waals surface area contributed by atoms with Crippen LogP contribution in [0.5, 0.6) is 0 Å². The molecule has 16 aromatic rings. The monoisotopic (exact) mass is 970 g/mol. The van der Waals surface area contributed by atoms with Gasteiger partial charge in [0.05, 0.1) is 78.3 Å². The molecule has 0 spiro atoms. The van der Waals surface area contributed by atoms with Gasteiger partial charge in [-0.05, 0) is 84.9 Å². The van der Waals surface area contributed by atoms with E-state index in [0.29, 0.717) is 0 Å². The van der Waals surface area contributed by atoms with E-state index >= 15 is 0 Å². The minimum Gasteiger partial charge on any atom is -0.308 e. The summed E-state index contributed by atoms with van der Waals surface area (Å²) in [5.41, 5.74) is 15.5. The third-order valence-corrected chi connectivity index (χ3v) is 15.3. The highest BCUT2D eigenvalue weighted by Gasteiger charge is 2.23. The number of pyridine rings is 4. The Labute approximate surface area is 435 Å². The van der Waals surface area contributed by atoms with E-state index in [9.17, 15) is 0 Å². The van der Waals surface area contributed by atoms with Crippen LogP contribution in [-0.4, -0.2) is 38.2 Å². The zero-order chi connectivity index (χ0) is 49.8. The fourth-order valence-electron chi connectivity index (χ4n) is 12.0. The van der Waals surface area contributed by atoms with E-state index in [1.54, 1.807) is 0 Å². The Morgan fingerprint density at radius 3 is 0.750 bits per heavy atom. The van der Waals surface area contributed by atoms with Crippen molar-refractivity contribution in [2.75, 3.05) is 0 Å². The molecule has 8 aromatic heterocycles.